The average molecular weight is 275 g/mol. The SMILES string of the molecule is Cc1ccc(C(CNC(=O)C2CCNC2)N(C)C)cc1. The summed E-state index contributed by atoms with van der Waals surface area (Å²) in [6, 6.07) is 8.74. The van der Waals surface area contributed by atoms with Crippen LogP contribution < -0.4 is 10.6 Å². The van der Waals surface area contributed by atoms with Crippen LogP contribution in [0.25, 0.3) is 0 Å². The molecule has 110 valence electrons. The fourth-order valence-corrected chi connectivity index (χ4v) is 2.61. The van der Waals surface area contributed by atoms with Crippen molar-refractivity contribution in [1.29, 1.82) is 0 Å². The number of likely N-dealkylation sites (N-methyl/N-ethyl adjacent to an activating group) is 1. The van der Waals surface area contributed by atoms with Crippen LogP contribution in [0.3, 0.4) is 0 Å². The molecule has 1 aromatic carbocycles. The zero-order chi connectivity index (χ0) is 14.5. The molecule has 2 unspecified atom stereocenters. The van der Waals surface area contributed by atoms with E-state index >= 15 is 0 Å². The summed E-state index contributed by atoms with van der Waals surface area (Å²) in [5.41, 5.74) is 2.50. The number of hydrogen-bond donors (Lipinski definition) is 2. The van der Waals surface area contributed by atoms with E-state index in [1.807, 2.05) is 14.1 Å². The van der Waals surface area contributed by atoms with E-state index < -0.39 is 0 Å². The van der Waals surface area contributed by atoms with Crippen LogP contribution in [0.2, 0.25) is 0 Å². The third kappa shape index (κ3) is 3.81. The number of nitrogens with zero attached hydrogens (tertiary/aromatic N) is 1. The molecular weight excluding hydrogens is 250 g/mol. The van der Waals surface area contributed by atoms with Crippen LogP contribution in [-0.2, 0) is 4.79 Å². The molecule has 0 saturated carbocycles. The Bertz CT molecular complexity index is 436. The minimum Gasteiger partial charge on any atom is -0.354 e. The molecule has 0 spiro atoms. The predicted octanol–water partition coefficient (Wildman–Crippen LogP) is 1.32. The number of nitrogens with one attached hydrogen (secondary N) is 2. The Morgan fingerprint density at radius 3 is 2.65 bits per heavy atom. The van der Waals surface area contributed by atoms with E-state index in [0.29, 0.717) is 6.54 Å². The summed E-state index contributed by atoms with van der Waals surface area (Å²) in [5.74, 6) is 0.310. The van der Waals surface area contributed by atoms with Gasteiger partial charge in [-0.1, -0.05) is 29.8 Å². The van der Waals surface area contributed by atoms with E-state index in [0.717, 1.165) is 19.5 Å². The molecule has 4 nitrogen and oxygen atoms in total. The predicted molar refractivity (Wildman–Crippen MR) is 81.6 cm³/mol. The van der Waals surface area contributed by atoms with Crippen LogP contribution in [0, 0.1) is 12.8 Å². The van der Waals surface area contributed by atoms with Gasteiger partial charge < -0.3 is 15.5 Å². The van der Waals surface area contributed by atoms with E-state index in [1.165, 1.54) is 11.1 Å². The smallest absolute Gasteiger partial charge is 0.224 e. The molecule has 1 aliphatic heterocycles. The Balaban J connectivity index is 1.95. The van der Waals surface area contributed by atoms with Crippen molar-refractivity contribution >= 4 is 5.91 Å². The minimum absolute atomic E-state index is 0.135. The van der Waals surface area contributed by atoms with Crippen LogP contribution in [0.15, 0.2) is 24.3 Å². The zero-order valence-corrected chi connectivity index (χ0v) is 12.6. The maximum absolute atomic E-state index is 12.1. The molecule has 1 aromatic rings. The van der Waals surface area contributed by atoms with Crippen molar-refractivity contribution in [3.05, 3.63) is 35.4 Å². The highest BCUT2D eigenvalue weighted by Crippen LogP contribution is 2.18. The molecular formula is C16H25N3O. The molecule has 0 radical (unpaired) electrons. The Morgan fingerprint density at radius 1 is 1.40 bits per heavy atom. The molecule has 1 aliphatic rings. The van der Waals surface area contributed by atoms with Gasteiger partial charge in [0.15, 0.2) is 0 Å². The number of carbonyl (C=O) groups excluding carboxylic acids is 1. The number of amides is 1. The largest absolute Gasteiger partial charge is 0.354 e. The first-order valence-electron chi connectivity index (χ1n) is 7.29. The molecule has 0 aromatic heterocycles. The third-order valence-corrected chi connectivity index (χ3v) is 3.99. The summed E-state index contributed by atoms with van der Waals surface area (Å²) in [6.45, 7) is 4.50. The first kappa shape index (κ1) is 15.0. The van der Waals surface area contributed by atoms with Gasteiger partial charge >= 0.3 is 0 Å². The van der Waals surface area contributed by atoms with Crippen molar-refractivity contribution in [2.45, 2.75) is 19.4 Å². The molecule has 2 atom stereocenters. The van der Waals surface area contributed by atoms with Gasteiger partial charge in [0, 0.05) is 13.1 Å². The van der Waals surface area contributed by atoms with Gasteiger partial charge in [0.25, 0.3) is 0 Å². The lowest BCUT2D eigenvalue weighted by Crippen LogP contribution is -2.38. The number of hydrogen-bond acceptors (Lipinski definition) is 3. The Labute approximate surface area is 121 Å². The molecule has 4 heteroatoms. The normalized spacial score (nSPS) is 20.1. The van der Waals surface area contributed by atoms with Gasteiger partial charge in [-0.3, -0.25) is 4.79 Å². The van der Waals surface area contributed by atoms with Crippen molar-refractivity contribution in [3.8, 4) is 0 Å². The lowest BCUT2D eigenvalue weighted by Gasteiger charge is -2.26. The molecule has 20 heavy (non-hydrogen) atoms. The van der Waals surface area contributed by atoms with Gasteiger partial charge in [-0.2, -0.15) is 0 Å². The Kier molecular flexibility index (Phi) is 5.15. The summed E-state index contributed by atoms with van der Waals surface area (Å²) in [6.07, 6.45) is 0.947. The van der Waals surface area contributed by atoms with Crippen molar-refractivity contribution in [2.75, 3.05) is 33.7 Å². The Hall–Kier alpha value is -1.39. The summed E-state index contributed by atoms with van der Waals surface area (Å²) in [4.78, 5) is 14.2. The molecule has 1 amide bonds. The van der Waals surface area contributed by atoms with Gasteiger partial charge in [0.05, 0.1) is 12.0 Å². The van der Waals surface area contributed by atoms with E-state index in [4.69, 9.17) is 0 Å². The van der Waals surface area contributed by atoms with E-state index in [1.54, 1.807) is 0 Å². The molecule has 0 aliphatic carbocycles. The van der Waals surface area contributed by atoms with Crippen molar-refractivity contribution < 1.29 is 4.79 Å². The molecule has 1 fully saturated rings. The second-order valence-electron chi connectivity index (χ2n) is 5.82. The summed E-state index contributed by atoms with van der Waals surface area (Å²) >= 11 is 0. The molecule has 2 N–H and O–H groups in total. The summed E-state index contributed by atoms with van der Waals surface area (Å²) in [5, 5.41) is 6.33. The van der Waals surface area contributed by atoms with Crippen LogP contribution in [-0.4, -0.2) is 44.5 Å². The maximum atomic E-state index is 12.1. The van der Waals surface area contributed by atoms with Gasteiger partial charge in [0.2, 0.25) is 5.91 Å². The second kappa shape index (κ2) is 6.86. The van der Waals surface area contributed by atoms with Crippen molar-refractivity contribution in [2.24, 2.45) is 5.92 Å². The number of carbonyl (C=O) groups is 1. The average Bonchev–Trinajstić information content (AvgIpc) is 2.94. The maximum Gasteiger partial charge on any atom is 0.224 e. The van der Waals surface area contributed by atoms with Crippen LogP contribution in [0.1, 0.15) is 23.6 Å². The first-order valence-corrected chi connectivity index (χ1v) is 7.29. The topological polar surface area (TPSA) is 44.4 Å². The van der Waals surface area contributed by atoms with E-state index in [-0.39, 0.29) is 17.9 Å². The van der Waals surface area contributed by atoms with Gasteiger partial charge in [-0.05, 0) is 39.5 Å². The number of rotatable bonds is 5. The highest BCUT2D eigenvalue weighted by atomic mass is 16.1. The third-order valence-electron chi connectivity index (χ3n) is 3.99. The highest BCUT2D eigenvalue weighted by molar-refractivity contribution is 5.79. The summed E-state index contributed by atoms with van der Waals surface area (Å²) in [7, 11) is 4.10. The molecule has 1 saturated heterocycles. The lowest BCUT2D eigenvalue weighted by atomic mass is 10.0. The van der Waals surface area contributed by atoms with Crippen LogP contribution >= 0.6 is 0 Å². The van der Waals surface area contributed by atoms with Crippen LogP contribution in [0.4, 0.5) is 0 Å². The zero-order valence-electron chi connectivity index (χ0n) is 12.6. The highest BCUT2D eigenvalue weighted by Gasteiger charge is 2.23. The van der Waals surface area contributed by atoms with E-state index in [2.05, 4.69) is 46.7 Å². The second-order valence-corrected chi connectivity index (χ2v) is 5.82. The quantitative estimate of drug-likeness (QED) is 0.852. The standard InChI is InChI=1S/C16H25N3O/c1-12-4-6-13(7-5-12)15(19(2)3)11-18-16(20)14-8-9-17-10-14/h4-7,14-15,17H,8-11H2,1-3H3,(H,18,20). The first-order chi connectivity index (χ1) is 9.58. The summed E-state index contributed by atoms with van der Waals surface area (Å²) < 4.78 is 0. The van der Waals surface area contributed by atoms with E-state index in [9.17, 15) is 4.79 Å². The Morgan fingerprint density at radius 2 is 2.10 bits per heavy atom. The van der Waals surface area contributed by atoms with Crippen molar-refractivity contribution in [3.63, 3.8) is 0 Å². The monoisotopic (exact) mass is 275 g/mol. The number of aryl methyl sites for hydroxylation is 1. The fraction of sp³-hybridized carbons (Fsp3) is 0.562. The molecule has 0 bridgehead atoms. The van der Waals surface area contributed by atoms with Gasteiger partial charge in [0.1, 0.15) is 0 Å². The number of benzene rings is 1. The molecule has 1 heterocycles. The van der Waals surface area contributed by atoms with Gasteiger partial charge in [-0.15, -0.1) is 0 Å². The lowest BCUT2D eigenvalue weighted by molar-refractivity contribution is -0.124. The minimum atomic E-state index is 0.135. The van der Waals surface area contributed by atoms with Crippen molar-refractivity contribution in [1.82, 2.24) is 15.5 Å². The molecule has 2 rings (SSSR count). The fourth-order valence-electron chi connectivity index (χ4n) is 2.61. The van der Waals surface area contributed by atoms with Gasteiger partial charge in [-0.25, -0.2) is 0 Å². The van der Waals surface area contributed by atoms with Crippen LogP contribution in [0.5, 0.6) is 0 Å².